The zero-order valence-electron chi connectivity index (χ0n) is 10.3. The van der Waals surface area contributed by atoms with E-state index in [1.54, 1.807) is 6.07 Å². The van der Waals surface area contributed by atoms with E-state index in [9.17, 15) is 9.59 Å². The molecule has 0 aliphatic heterocycles. The number of furan rings is 1. The lowest BCUT2D eigenvalue weighted by atomic mass is 10.2. The highest BCUT2D eigenvalue weighted by atomic mass is 16.3. The summed E-state index contributed by atoms with van der Waals surface area (Å²) in [5, 5.41) is 14.1. The standard InChI is InChI=1S/C12H18N2O4/c1-9(7-15)6-14-11(16)2-4-13-12(17)10-3-5-18-8-10/h3,5,8-9,15H,2,4,6-7H2,1H3,(H,13,17)(H,14,16). The van der Waals surface area contributed by atoms with Crippen LogP contribution in [-0.4, -0.2) is 36.6 Å². The molecule has 0 saturated heterocycles. The lowest BCUT2D eigenvalue weighted by molar-refractivity contribution is -0.121. The topological polar surface area (TPSA) is 91.6 Å². The van der Waals surface area contributed by atoms with Crippen LogP contribution in [-0.2, 0) is 4.79 Å². The van der Waals surface area contributed by atoms with Crippen LogP contribution in [0.2, 0.25) is 0 Å². The summed E-state index contributed by atoms with van der Waals surface area (Å²) in [5.74, 6) is -0.377. The van der Waals surface area contributed by atoms with Gasteiger partial charge in [-0.1, -0.05) is 6.92 Å². The Labute approximate surface area is 105 Å². The maximum absolute atomic E-state index is 11.5. The Morgan fingerprint density at radius 2 is 2.22 bits per heavy atom. The minimum Gasteiger partial charge on any atom is -0.472 e. The van der Waals surface area contributed by atoms with Crippen LogP contribution in [0.4, 0.5) is 0 Å². The zero-order valence-corrected chi connectivity index (χ0v) is 10.3. The molecule has 6 nitrogen and oxygen atoms in total. The van der Waals surface area contributed by atoms with Crippen LogP contribution in [0.3, 0.4) is 0 Å². The maximum Gasteiger partial charge on any atom is 0.254 e. The number of amides is 2. The summed E-state index contributed by atoms with van der Waals surface area (Å²) in [6.45, 7) is 2.58. The Morgan fingerprint density at radius 1 is 1.44 bits per heavy atom. The molecule has 1 aromatic rings. The third-order valence-electron chi connectivity index (χ3n) is 2.38. The first-order valence-corrected chi connectivity index (χ1v) is 5.81. The zero-order chi connectivity index (χ0) is 13.4. The number of rotatable bonds is 7. The van der Waals surface area contributed by atoms with E-state index < -0.39 is 0 Å². The van der Waals surface area contributed by atoms with E-state index in [-0.39, 0.29) is 37.3 Å². The van der Waals surface area contributed by atoms with E-state index in [0.717, 1.165) is 0 Å². The molecule has 0 aliphatic carbocycles. The maximum atomic E-state index is 11.5. The molecule has 0 bridgehead atoms. The summed E-state index contributed by atoms with van der Waals surface area (Å²) in [6.07, 6.45) is 2.97. The fraction of sp³-hybridized carbons (Fsp3) is 0.500. The van der Waals surface area contributed by atoms with Crippen LogP contribution in [0.1, 0.15) is 23.7 Å². The Balaban J connectivity index is 2.14. The van der Waals surface area contributed by atoms with E-state index in [0.29, 0.717) is 12.1 Å². The van der Waals surface area contributed by atoms with Crippen molar-refractivity contribution in [3.63, 3.8) is 0 Å². The largest absolute Gasteiger partial charge is 0.472 e. The van der Waals surface area contributed by atoms with E-state index >= 15 is 0 Å². The Morgan fingerprint density at radius 3 is 2.83 bits per heavy atom. The molecule has 3 N–H and O–H groups in total. The van der Waals surface area contributed by atoms with Crippen LogP contribution < -0.4 is 10.6 Å². The van der Waals surface area contributed by atoms with E-state index in [1.807, 2.05) is 6.92 Å². The molecular weight excluding hydrogens is 236 g/mol. The van der Waals surface area contributed by atoms with Crippen LogP contribution >= 0.6 is 0 Å². The molecule has 6 heteroatoms. The lowest BCUT2D eigenvalue weighted by Crippen LogP contribution is -2.33. The quantitative estimate of drug-likeness (QED) is 0.645. The molecule has 0 saturated carbocycles. The molecular formula is C12H18N2O4. The minimum atomic E-state index is -0.264. The van der Waals surface area contributed by atoms with Crippen molar-refractivity contribution in [2.24, 2.45) is 5.92 Å². The van der Waals surface area contributed by atoms with Crippen molar-refractivity contribution < 1.29 is 19.1 Å². The fourth-order valence-electron chi connectivity index (χ4n) is 1.23. The second-order valence-electron chi connectivity index (χ2n) is 4.11. The molecule has 1 aromatic heterocycles. The molecule has 0 spiro atoms. The Bertz CT molecular complexity index is 375. The third kappa shape index (κ3) is 5.01. The van der Waals surface area contributed by atoms with Crippen LogP contribution in [0.5, 0.6) is 0 Å². The van der Waals surface area contributed by atoms with Gasteiger partial charge < -0.3 is 20.2 Å². The summed E-state index contributed by atoms with van der Waals surface area (Å²) >= 11 is 0. The van der Waals surface area contributed by atoms with Crippen LogP contribution in [0.25, 0.3) is 0 Å². The number of nitrogens with one attached hydrogen (secondary N) is 2. The molecule has 0 radical (unpaired) electrons. The first-order valence-electron chi connectivity index (χ1n) is 5.81. The second-order valence-corrected chi connectivity index (χ2v) is 4.11. The van der Waals surface area contributed by atoms with Crippen molar-refractivity contribution >= 4 is 11.8 Å². The van der Waals surface area contributed by atoms with Crippen molar-refractivity contribution in [3.05, 3.63) is 24.2 Å². The highest BCUT2D eigenvalue weighted by Gasteiger charge is 2.08. The normalized spacial score (nSPS) is 11.9. The number of aliphatic hydroxyl groups is 1. The van der Waals surface area contributed by atoms with E-state index in [2.05, 4.69) is 10.6 Å². The van der Waals surface area contributed by atoms with Gasteiger partial charge in [0.2, 0.25) is 5.91 Å². The molecule has 1 atom stereocenters. The predicted octanol–water partition coefficient (Wildman–Crippen LogP) is 0.144. The van der Waals surface area contributed by atoms with Gasteiger partial charge in [-0.2, -0.15) is 0 Å². The van der Waals surface area contributed by atoms with Crippen molar-refractivity contribution in [2.75, 3.05) is 19.7 Å². The van der Waals surface area contributed by atoms with Crippen molar-refractivity contribution in [1.29, 1.82) is 0 Å². The first kappa shape index (κ1) is 14.2. The molecule has 2 amide bonds. The van der Waals surface area contributed by atoms with Gasteiger partial charge in [0.25, 0.3) is 5.91 Å². The third-order valence-corrected chi connectivity index (χ3v) is 2.38. The average molecular weight is 254 g/mol. The van der Waals surface area contributed by atoms with Gasteiger partial charge >= 0.3 is 0 Å². The molecule has 0 aliphatic rings. The summed E-state index contributed by atoms with van der Waals surface area (Å²) in [4.78, 5) is 22.8. The molecule has 18 heavy (non-hydrogen) atoms. The monoisotopic (exact) mass is 254 g/mol. The molecule has 100 valence electrons. The van der Waals surface area contributed by atoms with Gasteiger partial charge in [-0.3, -0.25) is 9.59 Å². The van der Waals surface area contributed by atoms with Crippen LogP contribution in [0.15, 0.2) is 23.0 Å². The second kappa shape index (κ2) is 7.50. The first-order chi connectivity index (χ1) is 8.63. The highest BCUT2D eigenvalue weighted by molar-refractivity contribution is 5.93. The summed E-state index contributed by atoms with van der Waals surface area (Å²) in [7, 11) is 0. The van der Waals surface area contributed by atoms with Crippen molar-refractivity contribution in [1.82, 2.24) is 10.6 Å². The number of aliphatic hydroxyl groups excluding tert-OH is 1. The van der Waals surface area contributed by atoms with Crippen LogP contribution in [0, 0.1) is 5.92 Å². The minimum absolute atomic E-state index is 0.0365. The van der Waals surface area contributed by atoms with Gasteiger partial charge in [0.05, 0.1) is 11.8 Å². The van der Waals surface area contributed by atoms with Gasteiger partial charge in [-0.05, 0) is 12.0 Å². The fourth-order valence-corrected chi connectivity index (χ4v) is 1.23. The number of carbonyl (C=O) groups is 2. The number of hydrogen-bond acceptors (Lipinski definition) is 4. The molecule has 1 unspecified atom stereocenters. The summed E-state index contributed by atoms with van der Waals surface area (Å²) in [6, 6.07) is 1.55. The van der Waals surface area contributed by atoms with Gasteiger partial charge in [0.15, 0.2) is 0 Å². The SMILES string of the molecule is CC(CO)CNC(=O)CCNC(=O)c1ccoc1. The highest BCUT2D eigenvalue weighted by Crippen LogP contribution is 1.98. The Kier molecular flexibility index (Phi) is 5.93. The predicted molar refractivity (Wildman–Crippen MR) is 64.9 cm³/mol. The number of carbonyl (C=O) groups excluding carboxylic acids is 2. The van der Waals surface area contributed by atoms with Gasteiger partial charge in [0.1, 0.15) is 6.26 Å². The molecule has 1 heterocycles. The molecule has 0 fully saturated rings. The van der Waals surface area contributed by atoms with Crippen molar-refractivity contribution in [2.45, 2.75) is 13.3 Å². The average Bonchev–Trinajstić information content (AvgIpc) is 2.89. The van der Waals surface area contributed by atoms with Gasteiger partial charge in [-0.15, -0.1) is 0 Å². The van der Waals surface area contributed by atoms with Crippen molar-refractivity contribution in [3.8, 4) is 0 Å². The smallest absolute Gasteiger partial charge is 0.254 e. The van der Waals surface area contributed by atoms with Gasteiger partial charge in [0, 0.05) is 26.1 Å². The molecule has 1 rings (SSSR count). The molecule has 0 aromatic carbocycles. The summed E-state index contributed by atoms with van der Waals surface area (Å²) in [5.41, 5.74) is 0.435. The lowest BCUT2D eigenvalue weighted by Gasteiger charge is -2.09. The number of hydrogen-bond donors (Lipinski definition) is 3. The van der Waals surface area contributed by atoms with E-state index in [1.165, 1.54) is 12.5 Å². The Hall–Kier alpha value is -1.82. The van der Waals surface area contributed by atoms with E-state index in [4.69, 9.17) is 9.52 Å². The summed E-state index contributed by atoms with van der Waals surface area (Å²) < 4.78 is 4.78. The van der Waals surface area contributed by atoms with Gasteiger partial charge in [-0.25, -0.2) is 0 Å².